The zero-order valence-electron chi connectivity index (χ0n) is 22.6. The third-order valence-electron chi connectivity index (χ3n) is 7.24. The number of carbonyl (C=O) groups excluding carboxylic acids is 2. The molecule has 1 saturated carbocycles. The van der Waals surface area contributed by atoms with Crippen LogP contribution in [0, 0.1) is 6.92 Å². The fourth-order valence-electron chi connectivity index (χ4n) is 4.77. The highest BCUT2D eigenvalue weighted by Crippen LogP contribution is 2.49. The number of esters is 1. The van der Waals surface area contributed by atoms with Crippen LogP contribution in [0.5, 0.6) is 0 Å². The summed E-state index contributed by atoms with van der Waals surface area (Å²) in [6.07, 6.45) is 1.05. The van der Waals surface area contributed by atoms with Crippen molar-refractivity contribution in [2.75, 3.05) is 11.9 Å². The van der Waals surface area contributed by atoms with E-state index in [0.717, 1.165) is 40.7 Å². The first-order valence-electron chi connectivity index (χ1n) is 13.1. The number of amides is 1. The summed E-state index contributed by atoms with van der Waals surface area (Å²) >= 11 is 0. The maximum atomic E-state index is 12.8. The Morgan fingerprint density at radius 2 is 1.51 bits per heavy atom. The van der Waals surface area contributed by atoms with Crippen LogP contribution in [-0.4, -0.2) is 23.8 Å². The molecule has 1 amide bonds. The fraction of sp³-hybridized carbons (Fsp3) is 0.281. The lowest BCUT2D eigenvalue weighted by molar-refractivity contribution is -0.146. The summed E-state index contributed by atoms with van der Waals surface area (Å²) in [7, 11) is 0. The van der Waals surface area contributed by atoms with E-state index in [1.54, 1.807) is 6.92 Å². The van der Waals surface area contributed by atoms with E-state index in [-0.39, 0.29) is 5.97 Å². The molecule has 1 heterocycles. The van der Waals surface area contributed by atoms with Gasteiger partial charge in [-0.05, 0) is 62.8 Å². The summed E-state index contributed by atoms with van der Waals surface area (Å²) in [5, 5.41) is 6.88. The molecule has 0 aliphatic heterocycles. The SMILES string of the molecule is CCOC(=O)C1(c2ccc(-c3ccc(-c4onc(C)c4NC(=O)OC(C)(C)c4ccccc4)cc3)cc2)CC1. The van der Waals surface area contributed by atoms with Crippen LogP contribution < -0.4 is 5.32 Å². The third-order valence-corrected chi connectivity index (χ3v) is 7.24. The number of nitrogens with zero attached hydrogens (tertiary/aromatic N) is 1. The van der Waals surface area contributed by atoms with Gasteiger partial charge in [0.2, 0.25) is 0 Å². The summed E-state index contributed by atoms with van der Waals surface area (Å²) in [5.74, 6) is 0.315. The monoisotopic (exact) mass is 524 g/mol. The quantitative estimate of drug-likeness (QED) is 0.242. The predicted octanol–water partition coefficient (Wildman–Crippen LogP) is 7.40. The topological polar surface area (TPSA) is 90.7 Å². The highest BCUT2D eigenvalue weighted by Gasteiger charge is 2.52. The van der Waals surface area contributed by atoms with Gasteiger partial charge in [-0.3, -0.25) is 10.1 Å². The lowest BCUT2D eigenvalue weighted by Gasteiger charge is -2.25. The van der Waals surface area contributed by atoms with Crippen LogP contribution in [0.1, 0.15) is 50.4 Å². The van der Waals surface area contributed by atoms with E-state index in [4.69, 9.17) is 14.0 Å². The molecule has 0 radical (unpaired) electrons. The Balaban J connectivity index is 1.30. The van der Waals surface area contributed by atoms with Gasteiger partial charge >= 0.3 is 12.1 Å². The molecule has 0 saturated heterocycles. The van der Waals surface area contributed by atoms with Gasteiger partial charge in [-0.2, -0.15) is 0 Å². The number of hydrogen-bond acceptors (Lipinski definition) is 6. The Bertz CT molecular complexity index is 1470. The molecular formula is C32H32N2O5. The van der Waals surface area contributed by atoms with Crippen LogP contribution in [0.3, 0.4) is 0 Å². The van der Waals surface area contributed by atoms with Gasteiger partial charge < -0.3 is 14.0 Å². The summed E-state index contributed by atoms with van der Waals surface area (Å²) in [5.41, 5.74) is 4.42. The third kappa shape index (κ3) is 5.30. The van der Waals surface area contributed by atoms with Gasteiger partial charge in [-0.15, -0.1) is 0 Å². The number of anilines is 1. The minimum atomic E-state index is -0.816. The smallest absolute Gasteiger partial charge is 0.412 e. The first kappa shape index (κ1) is 26.2. The Kier molecular flexibility index (Phi) is 7.00. The molecule has 5 rings (SSSR count). The van der Waals surface area contributed by atoms with Crippen LogP contribution in [0.25, 0.3) is 22.5 Å². The molecule has 1 N–H and O–H groups in total. The van der Waals surface area contributed by atoms with Gasteiger partial charge in [0.1, 0.15) is 17.0 Å². The molecule has 7 heteroatoms. The summed E-state index contributed by atoms with van der Waals surface area (Å²) < 4.78 is 16.6. The van der Waals surface area contributed by atoms with Gasteiger partial charge in [0.05, 0.1) is 12.0 Å². The number of carbonyl (C=O) groups is 2. The second kappa shape index (κ2) is 10.4. The van der Waals surface area contributed by atoms with Crippen molar-refractivity contribution in [2.24, 2.45) is 0 Å². The molecule has 4 aromatic rings. The number of ether oxygens (including phenoxy) is 2. The van der Waals surface area contributed by atoms with Crippen LogP contribution in [-0.2, 0) is 25.3 Å². The van der Waals surface area contributed by atoms with Crippen LogP contribution in [0.4, 0.5) is 10.5 Å². The molecular weight excluding hydrogens is 492 g/mol. The highest BCUT2D eigenvalue weighted by molar-refractivity contribution is 5.91. The summed E-state index contributed by atoms with van der Waals surface area (Å²) in [6, 6.07) is 25.5. The minimum absolute atomic E-state index is 0.138. The minimum Gasteiger partial charge on any atom is -0.465 e. The average molecular weight is 525 g/mol. The maximum Gasteiger partial charge on any atom is 0.412 e. The maximum absolute atomic E-state index is 12.8. The lowest BCUT2D eigenvalue weighted by Crippen LogP contribution is -2.28. The molecule has 3 aromatic carbocycles. The fourth-order valence-corrected chi connectivity index (χ4v) is 4.77. The van der Waals surface area contributed by atoms with Crippen molar-refractivity contribution >= 4 is 17.7 Å². The molecule has 0 atom stereocenters. The van der Waals surface area contributed by atoms with Gasteiger partial charge in [0.25, 0.3) is 0 Å². The van der Waals surface area contributed by atoms with Gasteiger partial charge in [-0.1, -0.05) is 84.0 Å². The van der Waals surface area contributed by atoms with E-state index in [2.05, 4.69) is 10.5 Å². The number of aromatic nitrogens is 1. The van der Waals surface area contributed by atoms with E-state index >= 15 is 0 Å². The second-order valence-electron chi connectivity index (χ2n) is 10.3. The van der Waals surface area contributed by atoms with Crippen molar-refractivity contribution in [3.8, 4) is 22.5 Å². The summed E-state index contributed by atoms with van der Waals surface area (Å²) in [6.45, 7) is 7.67. The van der Waals surface area contributed by atoms with Gasteiger partial charge in [0.15, 0.2) is 5.76 Å². The van der Waals surface area contributed by atoms with E-state index < -0.39 is 17.1 Å². The van der Waals surface area contributed by atoms with Gasteiger partial charge in [-0.25, -0.2) is 4.79 Å². The molecule has 39 heavy (non-hydrogen) atoms. The molecule has 1 fully saturated rings. The zero-order chi connectivity index (χ0) is 27.6. The second-order valence-corrected chi connectivity index (χ2v) is 10.3. The van der Waals surface area contributed by atoms with Crippen molar-refractivity contribution in [3.05, 3.63) is 95.7 Å². The van der Waals surface area contributed by atoms with Crippen molar-refractivity contribution in [1.82, 2.24) is 5.16 Å². The van der Waals surface area contributed by atoms with Crippen LogP contribution in [0.2, 0.25) is 0 Å². The molecule has 0 unspecified atom stereocenters. The molecule has 1 aliphatic rings. The van der Waals surface area contributed by atoms with Crippen molar-refractivity contribution < 1.29 is 23.6 Å². The standard InChI is InChI=1S/C32H32N2O5/c1-5-37-29(35)32(19-20-32)26-17-15-23(16-18-26)22-11-13-24(14-12-22)28-27(21(2)34-39-28)33-30(36)38-31(3,4)25-9-7-6-8-10-25/h6-18H,5,19-20H2,1-4H3,(H,33,36). The molecule has 0 bridgehead atoms. The zero-order valence-corrected chi connectivity index (χ0v) is 22.6. The Labute approximate surface area is 228 Å². The van der Waals surface area contributed by atoms with E-state index in [1.807, 2.05) is 99.6 Å². The number of rotatable bonds is 8. The van der Waals surface area contributed by atoms with E-state index in [9.17, 15) is 9.59 Å². The van der Waals surface area contributed by atoms with Crippen LogP contribution >= 0.6 is 0 Å². The first-order valence-corrected chi connectivity index (χ1v) is 13.1. The normalized spacial score (nSPS) is 13.9. The lowest BCUT2D eigenvalue weighted by atomic mass is 9.93. The van der Waals surface area contributed by atoms with Gasteiger partial charge in [0, 0.05) is 5.56 Å². The highest BCUT2D eigenvalue weighted by atomic mass is 16.6. The van der Waals surface area contributed by atoms with Crippen LogP contribution in [0.15, 0.2) is 83.4 Å². The number of nitrogens with one attached hydrogen (secondary N) is 1. The average Bonchev–Trinajstić information content (AvgIpc) is 3.68. The van der Waals surface area contributed by atoms with E-state index in [1.165, 1.54) is 0 Å². The van der Waals surface area contributed by atoms with Crippen molar-refractivity contribution in [2.45, 2.75) is 51.6 Å². The number of benzene rings is 3. The van der Waals surface area contributed by atoms with E-state index in [0.29, 0.717) is 23.7 Å². The molecule has 7 nitrogen and oxygen atoms in total. The summed E-state index contributed by atoms with van der Waals surface area (Å²) in [4.78, 5) is 25.2. The largest absolute Gasteiger partial charge is 0.465 e. The first-order chi connectivity index (χ1) is 18.7. The number of hydrogen-bond donors (Lipinski definition) is 1. The number of aryl methyl sites for hydroxylation is 1. The van der Waals surface area contributed by atoms with Crippen molar-refractivity contribution in [3.63, 3.8) is 0 Å². The molecule has 0 spiro atoms. The molecule has 1 aliphatic carbocycles. The van der Waals surface area contributed by atoms with Crippen molar-refractivity contribution in [1.29, 1.82) is 0 Å². The Morgan fingerprint density at radius 3 is 2.10 bits per heavy atom. The molecule has 200 valence electrons. The Hall–Kier alpha value is -4.39. The predicted molar refractivity (Wildman–Crippen MR) is 149 cm³/mol. The molecule has 1 aromatic heterocycles. The Morgan fingerprint density at radius 1 is 0.923 bits per heavy atom.